The smallest absolute Gasteiger partial charge is 0.234 e. The Labute approximate surface area is 158 Å². The third-order valence-electron chi connectivity index (χ3n) is 3.84. The summed E-state index contributed by atoms with van der Waals surface area (Å²) in [4.78, 5) is 24.1. The molecule has 0 aromatic heterocycles. The van der Waals surface area contributed by atoms with E-state index in [9.17, 15) is 9.59 Å². The highest BCUT2D eigenvalue weighted by molar-refractivity contribution is 8.00. The van der Waals surface area contributed by atoms with Crippen LogP contribution < -0.4 is 15.4 Å². The number of carbonyl (C=O) groups is 2. The van der Waals surface area contributed by atoms with Gasteiger partial charge in [0.05, 0.1) is 18.6 Å². The number of methoxy groups -OCH3 is 1. The molecule has 2 aromatic rings. The number of hydrogen-bond acceptors (Lipinski definition) is 4. The van der Waals surface area contributed by atoms with Crippen molar-refractivity contribution in [3.63, 3.8) is 0 Å². The standard InChI is InChI=1S/C20H24N2O3S/c1-4-15-7-5-6-14(2)20(15)22-19(24)13-26-12-18(23)21-16-8-10-17(25-3)11-9-16/h5-11H,4,12-13H2,1-3H3,(H,21,23)(H,22,24). The van der Waals surface area contributed by atoms with E-state index < -0.39 is 0 Å². The lowest BCUT2D eigenvalue weighted by Gasteiger charge is -2.12. The Hall–Kier alpha value is -2.47. The number of carbonyl (C=O) groups excluding carboxylic acids is 2. The number of benzene rings is 2. The Balaban J connectivity index is 1.78. The molecule has 5 nitrogen and oxygen atoms in total. The molecule has 0 heterocycles. The van der Waals surface area contributed by atoms with Gasteiger partial charge in [0.1, 0.15) is 5.75 Å². The lowest BCUT2D eigenvalue weighted by Crippen LogP contribution is -2.19. The zero-order valence-electron chi connectivity index (χ0n) is 15.3. The van der Waals surface area contributed by atoms with Gasteiger partial charge in [-0.1, -0.05) is 25.1 Å². The lowest BCUT2D eigenvalue weighted by atomic mass is 10.1. The predicted molar refractivity (Wildman–Crippen MR) is 108 cm³/mol. The minimum atomic E-state index is -0.141. The minimum Gasteiger partial charge on any atom is -0.497 e. The van der Waals surface area contributed by atoms with E-state index >= 15 is 0 Å². The Morgan fingerprint density at radius 2 is 1.65 bits per heavy atom. The zero-order valence-corrected chi connectivity index (χ0v) is 16.1. The molecule has 6 heteroatoms. The third kappa shape index (κ3) is 5.81. The summed E-state index contributed by atoms with van der Waals surface area (Å²) in [6, 6.07) is 13.1. The molecular formula is C20H24N2O3S. The van der Waals surface area contributed by atoms with Crippen molar-refractivity contribution in [3.05, 3.63) is 53.6 Å². The molecule has 0 saturated heterocycles. The predicted octanol–water partition coefficient (Wildman–Crippen LogP) is 3.88. The summed E-state index contributed by atoms with van der Waals surface area (Å²) in [5.74, 6) is 0.938. The number of para-hydroxylation sites is 1. The van der Waals surface area contributed by atoms with Crippen LogP contribution in [-0.4, -0.2) is 30.4 Å². The highest BCUT2D eigenvalue weighted by Crippen LogP contribution is 2.21. The van der Waals surface area contributed by atoms with Gasteiger partial charge in [-0.05, 0) is 48.7 Å². The van der Waals surface area contributed by atoms with Crippen molar-refractivity contribution in [2.24, 2.45) is 0 Å². The van der Waals surface area contributed by atoms with Crippen molar-refractivity contribution in [1.29, 1.82) is 0 Å². The van der Waals surface area contributed by atoms with Gasteiger partial charge in [-0.3, -0.25) is 9.59 Å². The van der Waals surface area contributed by atoms with E-state index in [0.29, 0.717) is 5.69 Å². The molecule has 0 radical (unpaired) electrons. The first-order valence-electron chi connectivity index (χ1n) is 8.43. The van der Waals surface area contributed by atoms with Crippen LogP contribution in [0.4, 0.5) is 11.4 Å². The van der Waals surface area contributed by atoms with Crippen molar-refractivity contribution >= 4 is 35.0 Å². The summed E-state index contributed by atoms with van der Waals surface area (Å²) >= 11 is 1.29. The molecule has 138 valence electrons. The number of rotatable bonds is 8. The monoisotopic (exact) mass is 372 g/mol. The summed E-state index contributed by atoms with van der Waals surface area (Å²) in [6.45, 7) is 4.03. The van der Waals surface area contributed by atoms with Gasteiger partial charge in [-0.15, -0.1) is 11.8 Å². The topological polar surface area (TPSA) is 67.4 Å². The van der Waals surface area contributed by atoms with Gasteiger partial charge in [-0.2, -0.15) is 0 Å². The summed E-state index contributed by atoms with van der Waals surface area (Å²) in [6.07, 6.45) is 0.856. The molecule has 0 fully saturated rings. The van der Waals surface area contributed by atoms with Gasteiger partial charge in [0.2, 0.25) is 11.8 Å². The zero-order chi connectivity index (χ0) is 18.9. The van der Waals surface area contributed by atoms with Gasteiger partial charge >= 0.3 is 0 Å². The van der Waals surface area contributed by atoms with Crippen molar-refractivity contribution in [1.82, 2.24) is 0 Å². The van der Waals surface area contributed by atoms with Gasteiger partial charge in [0.15, 0.2) is 0 Å². The summed E-state index contributed by atoms with van der Waals surface area (Å²) < 4.78 is 5.08. The number of amides is 2. The Morgan fingerprint density at radius 1 is 1.00 bits per heavy atom. The second-order valence-corrected chi connectivity index (χ2v) is 6.77. The van der Waals surface area contributed by atoms with E-state index in [1.807, 2.05) is 25.1 Å². The highest BCUT2D eigenvalue weighted by Gasteiger charge is 2.10. The number of thioether (sulfide) groups is 1. The Bertz CT molecular complexity index is 760. The van der Waals surface area contributed by atoms with Crippen molar-refractivity contribution < 1.29 is 14.3 Å². The second kappa shape index (κ2) is 9.87. The number of anilines is 2. The normalized spacial score (nSPS) is 10.3. The molecule has 2 aromatic carbocycles. The van der Waals surface area contributed by atoms with E-state index in [4.69, 9.17) is 4.74 Å². The molecule has 0 bridgehead atoms. The van der Waals surface area contributed by atoms with Crippen molar-refractivity contribution in [2.75, 3.05) is 29.2 Å². The fourth-order valence-corrected chi connectivity index (χ4v) is 3.10. The summed E-state index contributed by atoms with van der Waals surface area (Å²) in [7, 11) is 1.59. The number of nitrogens with one attached hydrogen (secondary N) is 2. The van der Waals surface area contributed by atoms with E-state index in [-0.39, 0.29) is 23.3 Å². The van der Waals surface area contributed by atoms with Gasteiger partial charge in [-0.25, -0.2) is 0 Å². The summed E-state index contributed by atoms with van der Waals surface area (Å²) in [5, 5.41) is 5.76. The van der Waals surface area contributed by atoms with Crippen LogP contribution in [0.3, 0.4) is 0 Å². The fourth-order valence-electron chi connectivity index (χ4n) is 2.49. The molecule has 0 saturated carbocycles. The van der Waals surface area contributed by atoms with Crippen LogP contribution >= 0.6 is 11.8 Å². The van der Waals surface area contributed by atoms with E-state index in [2.05, 4.69) is 17.6 Å². The van der Waals surface area contributed by atoms with Crippen molar-refractivity contribution in [3.8, 4) is 5.75 Å². The molecule has 2 amide bonds. The SMILES string of the molecule is CCc1cccc(C)c1NC(=O)CSCC(=O)Nc1ccc(OC)cc1. The van der Waals surface area contributed by atoms with Gasteiger partial charge < -0.3 is 15.4 Å². The molecule has 0 aliphatic heterocycles. The number of ether oxygens (including phenoxy) is 1. The maximum absolute atomic E-state index is 12.2. The first-order valence-corrected chi connectivity index (χ1v) is 9.59. The van der Waals surface area contributed by atoms with Crippen LogP contribution in [0, 0.1) is 6.92 Å². The third-order valence-corrected chi connectivity index (χ3v) is 4.78. The highest BCUT2D eigenvalue weighted by atomic mass is 32.2. The molecule has 0 unspecified atom stereocenters. The molecule has 0 aliphatic rings. The van der Waals surface area contributed by atoms with Gasteiger partial charge in [0, 0.05) is 11.4 Å². The molecule has 0 aliphatic carbocycles. The lowest BCUT2D eigenvalue weighted by molar-refractivity contribution is -0.114. The first kappa shape index (κ1) is 19.8. The fraction of sp³-hybridized carbons (Fsp3) is 0.300. The minimum absolute atomic E-state index is 0.101. The van der Waals surface area contributed by atoms with E-state index in [1.54, 1.807) is 31.4 Å². The van der Waals surface area contributed by atoms with Gasteiger partial charge in [0.25, 0.3) is 0 Å². The quantitative estimate of drug-likeness (QED) is 0.738. The molecule has 0 spiro atoms. The molecule has 26 heavy (non-hydrogen) atoms. The maximum atomic E-state index is 12.2. The summed E-state index contributed by atoms with van der Waals surface area (Å²) in [5.41, 5.74) is 3.73. The van der Waals surface area contributed by atoms with Crippen LogP contribution in [0.15, 0.2) is 42.5 Å². The largest absolute Gasteiger partial charge is 0.497 e. The van der Waals surface area contributed by atoms with Crippen LogP contribution in [-0.2, 0) is 16.0 Å². The molecule has 0 atom stereocenters. The number of aryl methyl sites for hydroxylation is 2. The van der Waals surface area contributed by atoms with Crippen LogP contribution in [0.2, 0.25) is 0 Å². The maximum Gasteiger partial charge on any atom is 0.234 e. The molecule has 2 rings (SSSR count). The number of hydrogen-bond donors (Lipinski definition) is 2. The van der Waals surface area contributed by atoms with Crippen molar-refractivity contribution in [2.45, 2.75) is 20.3 Å². The Kier molecular flexibility index (Phi) is 7.53. The first-order chi connectivity index (χ1) is 12.5. The van der Waals surface area contributed by atoms with E-state index in [0.717, 1.165) is 29.0 Å². The average molecular weight is 372 g/mol. The molecule has 2 N–H and O–H groups in total. The van der Waals surface area contributed by atoms with Crippen LogP contribution in [0.5, 0.6) is 5.75 Å². The van der Waals surface area contributed by atoms with Crippen LogP contribution in [0.1, 0.15) is 18.1 Å². The van der Waals surface area contributed by atoms with Crippen LogP contribution in [0.25, 0.3) is 0 Å². The molecular weight excluding hydrogens is 348 g/mol. The second-order valence-electron chi connectivity index (χ2n) is 5.78. The van der Waals surface area contributed by atoms with E-state index in [1.165, 1.54) is 11.8 Å². The Morgan fingerprint density at radius 3 is 2.27 bits per heavy atom. The average Bonchev–Trinajstić information content (AvgIpc) is 2.64.